The van der Waals surface area contributed by atoms with E-state index < -0.39 is 16.5 Å². The van der Waals surface area contributed by atoms with Gasteiger partial charge in [0, 0.05) is 12.1 Å². The van der Waals surface area contributed by atoms with Crippen LogP contribution in [-0.4, -0.2) is 96.1 Å². The van der Waals surface area contributed by atoms with Gasteiger partial charge in [-0.05, 0) is 27.7 Å². The molecule has 0 aliphatic heterocycles. The second kappa shape index (κ2) is 7.81. The van der Waals surface area contributed by atoms with E-state index in [1.165, 1.54) is 0 Å². The predicted octanol–water partition coefficient (Wildman–Crippen LogP) is 3.34. The molecule has 0 aromatic heterocycles. The summed E-state index contributed by atoms with van der Waals surface area (Å²) in [6.45, 7) is 24.0. The van der Waals surface area contributed by atoms with Crippen LogP contribution in [0.25, 0.3) is 0 Å². The summed E-state index contributed by atoms with van der Waals surface area (Å²) in [5.41, 5.74) is 0. The van der Waals surface area contributed by atoms with Gasteiger partial charge >= 0.3 is 58.2 Å². The minimum atomic E-state index is -1.29. The molecule has 0 aromatic carbocycles. The Morgan fingerprint density at radius 2 is 0.882 bits per heavy atom. The molecular formula is C12H33N2RbSi2. The topological polar surface area (TPSA) is 6.48 Å². The van der Waals surface area contributed by atoms with Crippen LogP contribution in [0.2, 0.25) is 39.3 Å². The van der Waals surface area contributed by atoms with E-state index in [0.29, 0.717) is 12.1 Å². The maximum atomic E-state index is 2.80. The van der Waals surface area contributed by atoms with Gasteiger partial charge in [-0.3, -0.25) is 4.34 Å². The van der Waals surface area contributed by atoms with Crippen molar-refractivity contribution < 1.29 is 0 Å². The second-order valence-corrected chi connectivity index (χ2v) is 17.2. The summed E-state index contributed by atoms with van der Waals surface area (Å²) in [5, 5.41) is 2.62. The van der Waals surface area contributed by atoms with E-state index in [9.17, 15) is 0 Å². The summed E-state index contributed by atoms with van der Waals surface area (Å²) in [6.07, 6.45) is 0. The van der Waals surface area contributed by atoms with Gasteiger partial charge in [-0.2, -0.15) is 0 Å². The first-order chi connectivity index (χ1) is 6.89. The van der Waals surface area contributed by atoms with Crippen LogP contribution in [0.4, 0.5) is 0 Å². The van der Waals surface area contributed by atoms with Gasteiger partial charge in [-0.25, -0.2) is 5.01 Å². The average Bonchev–Trinajstić information content (AvgIpc) is 1.93. The molecule has 0 bridgehead atoms. The molecule has 0 fully saturated rings. The molecular weight excluding hydrogens is 314 g/mol. The molecule has 0 unspecified atom stereocenters. The van der Waals surface area contributed by atoms with Crippen LogP contribution in [0.15, 0.2) is 0 Å². The number of rotatable bonds is 5. The van der Waals surface area contributed by atoms with E-state index >= 15 is 0 Å². The first-order valence-corrected chi connectivity index (χ1v) is 13.4. The van der Waals surface area contributed by atoms with Crippen LogP contribution in [0.3, 0.4) is 0 Å². The number of hydrazine groups is 1. The summed E-state index contributed by atoms with van der Waals surface area (Å²) >= 11 is 0. The summed E-state index contributed by atoms with van der Waals surface area (Å²) in [5.74, 6) is 0. The monoisotopic (exact) mass is 346 g/mol. The number of hydrogen-bond acceptors (Lipinski definition) is 2. The zero-order valence-corrected chi connectivity index (χ0v) is 15.0. The molecule has 0 saturated heterocycles. The van der Waals surface area contributed by atoms with E-state index in [0.717, 1.165) is 0 Å². The van der Waals surface area contributed by atoms with Crippen LogP contribution in [0, 0.1) is 0 Å². The Morgan fingerprint density at radius 1 is 0.647 bits per heavy atom. The van der Waals surface area contributed by atoms with Crippen LogP contribution in [0.5, 0.6) is 0 Å². The maximum absolute atomic E-state index is 2.80. The van der Waals surface area contributed by atoms with Crippen molar-refractivity contribution in [2.75, 3.05) is 0 Å². The fraction of sp³-hybridized carbons (Fsp3) is 1.00. The van der Waals surface area contributed by atoms with E-state index in [-0.39, 0.29) is 58.2 Å². The van der Waals surface area contributed by atoms with Gasteiger partial charge < -0.3 is 0 Å². The van der Waals surface area contributed by atoms with Crippen molar-refractivity contribution in [2.24, 2.45) is 0 Å². The zero-order valence-electron chi connectivity index (χ0n) is 13.0. The third-order valence-corrected chi connectivity index (χ3v) is 9.59. The van der Waals surface area contributed by atoms with Crippen molar-refractivity contribution in [3.63, 3.8) is 0 Å². The molecule has 0 atom stereocenters. The first-order valence-electron chi connectivity index (χ1n) is 6.47. The van der Waals surface area contributed by atoms with Crippen LogP contribution in [-0.2, 0) is 0 Å². The second-order valence-electron chi connectivity index (χ2n) is 7.22. The molecule has 5 heteroatoms. The third-order valence-electron chi connectivity index (χ3n) is 2.56. The standard InChI is InChI=1S/C12H32N2Si2.Rb.H/c1-11(2)13(12(3)4)14(15(5,6)7)16(8,9)10;;/h11-12H,1-10H3;;. The van der Waals surface area contributed by atoms with Gasteiger partial charge in [-0.15, -0.1) is 0 Å². The fourth-order valence-corrected chi connectivity index (χ4v) is 13.1. The molecule has 0 spiro atoms. The molecule has 0 amide bonds. The van der Waals surface area contributed by atoms with Crippen molar-refractivity contribution in [1.82, 2.24) is 9.35 Å². The van der Waals surface area contributed by atoms with E-state index in [4.69, 9.17) is 0 Å². The Hall–Kier alpha value is 2.16. The summed E-state index contributed by atoms with van der Waals surface area (Å²) in [7, 11) is -2.58. The molecule has 0 N–H and O–H groups in total. The van der Waals surface area contributed by atoms with E-state index in [1.807, 2.05) is 0 Å². The quantitative estimate of drug-likeness (QED) is 0.556. The molecule has 0 aliphatic carbocycles. The zero-order chi connectivity index (χ0) is 13.3. The van der Waals surface area contributed by atoms with Crippen molar-refractivity contribution in [1.29, 1.82) is 0 Å². The summed E-state index contributed by atoms with van der Waals surface area (Å²) in [6, 6.07) is 1.19. The first kappa shape index (κ1) is 21.5. The van der Waals surface area contributed by atoms with Gasteiger partial charge in [0.05, 0.1) is 0 Å². The molecule has 0 heterocycles. The fourth-order valence-electron chi connectivity index (χ4n) is 2.76. The minimum absolute atomic E-state index is 0. The SMILES string of the molecule is CC(C)N(C(C)C)N([Si](C)(C)C)[Si](C)(C)C.[RbH]. The van der Waals surface area contributed by atoms with Gasteiger partial charge in [0.25, 0.3) is 0 Å². The van der Waals surface area contributed by atoms with E-state index in [1.54, 1.807) is 0 Å². The molecule has 0 aliphatic rings. The van der Waals surface area contributed by atoms with Gasteiger partial charge in [0.1, 0.15) is 16.5 Å². The van der Waals surface area contributed by atoms with Crippen LogP contribution in [0.1, 0.15) is 27.7 Å². The molecule has 100 valence electrons. The van der Waals surface area contributed by atoms with Crippen molar-refractivity contribution in [3.05, 3.63) is 0 Å². The van der Waals surface area contributed by atoms with Gasteiger partial charge in [-0.1, -0.05) is 39.3 Å². The van der Waals surface area contributed by atoms with E-state index in [2.05, 4.69) is 76.3 Å². The van der Waals surface area contributed by atoms with Crippen LogP contribution >= 0.6 is 0 Å². The average molecular weight is 347 g/mol. The summed E-state index contributed by atoms with van der Waals surface area (Å²) in [4.78, 5) is 0. The number of hydrogen-bond donors (Lipinski definition) is 0. The Morgan fingerprint density at radius 3 is 0.941 bits per heavy atom. The van der Waals surface area contributed by atoms with Crippen molar-refractivity contribution in [3.8, 4) is 0 Å². The van der Waals surface area contributed by atoms with Gasteiger partial charge in [0.15, 0.2) is 0 Å². The third kappa shape index (κ3) is 6.93. The molecule has 0 rings (SSSR count). The Labute approximate surface area is 160 Å². The Balaban J connectivity index is 0. The number of nitrogens with zero attached hydrogens (tertiary/aromatic N) is 2. The molecule has 0 radical (unpaired) electrons. The Bertz CT molecular complexity index is 198. The predicted molar refractivity (Wildman–Crippen MR) is 87.8 cm³/mol. The van der Waals surface area contributed by atoms with Crippen LogP contribution < -0.4 is 0 Å². The molecule has 2 nitrogen and oxygen atoms in total. The Kier molecular flexibility index (Phi) is 9.86. The van der Waals surface area contributed by atoms with Crippen molar-refractivity contribution >= 4 is 74.7 Å². The molecule has 17 heavy (non-hydrogen) atoms. The normalized spacial score (nSPS) is 13.8. The molecule has 0 saturated carbocycles. The molecule has 0 aromatic rings. The van der Waals surface area contributed by atoms with Crippen molar-refractivity contribution in [2.45, 2.75) is 79.1 Å². The summed E-state index contributed by atoms with van der Waals surface area (Å²) < 4.78 is 2.80. The van der Waals surface area contributed by atoms with Gasteiger partial charge in [0.2, 0.25) is 0 Å².